The third kappa shape index (κ3) is 3.35. The molecule has 14 heavy (non-hydrogen) atoms. The number of alkyl halides is 2. The quantitative estimate of drug-likeness (QED) is 0.455. The molecule has 1 rings (SSSR count). The van der Waals surface area contributed by atoms with Crippen molar-refractivity contribution in [3.8, 4) is 0 Å². The van der Waals surface area contributed by atoms with E-state index in [0.29, 0.717) is 12.8 Å². The maximum Gasteiger partial charge on any atom is 0.315 e. The minimum atomic E-state index is -0.719. The van der Waals surface area contributed by atoms with Crippen LogP contribution in [0.4, 0.5) is 0 Å². The summed E-state index contributed by atoms with van der Waals surface area (Å²) in [5.41, 5.74) is 0. The zero-order valence-electron chi connectivity index (χ0n) is 7.68. The fraction of sp³-hybridized carbons (Fsp3) is 0.750. The SMILES string of the molecule is COC(=O)CC(=O)NC1CC(Cl)(Cl)C1. The van der Waals surface area contributed by atoms with Gasteiger partial charge in [-0.2, -0.15) is 0 Å². The highest BCUT2D eigenvalue weighted by Gasteiger charge is 2.41. The van der Waals surface area contributed by atoms with Crippen molar-refractivity contribution in [2.45, 2.75) is 29.6 Å². The molecule has 0 aliphatic heterocycles. The molecule has 0 saturated heterocycles. The molecule has 0 heterocycles. The first-order valence-corrected chi connectivity index (χ1v) is 4.92. The Hall–Kier alpha value is -0.480. The zero-order valence-corrected chi connectivity index (χ0v) is 9.19. The van der Waals surface area contributed by atoms with Crippen LogP contribution in [0, 0.1) is 0 Å². The third-order valence-corrected chi connectivity index (χ3v) is 2.60. The van der Waals surface area contributed by atoms with Crippen molar-refractivity contribution in [2.24, 2.45) is 0 Å². The number of carbonyl (C=O) groups is 2. The molecule has 0 atom stereocenters. The zero-order chi connectivity index (χ0) is 10.8. The number of ether oxygens (including phenoxy) is 1. The van der Waals surface area contributed by atoms with E-state index in [-0.39, 0.29) is 18.4 Å². The van der Waals surface area contributed by atoms with E-state index in [1.807, 2.05) is 0 Å². The fourth-order valence-corrected chi connectivity index (χ4v) is 1.99. The van der Waals surface area contributed by atoms with Crippen molar-refractivity contribution in [1.29, 1.82) is 0 Å². The molecule has 1 saturated carbocycles. The lowest BCUT2D eigenvalue weighted by molar-refractivity contribution is -0.144. The van der Waals surface area contributed by atoms with Crippen LogP contribution in [-0.2, 0) is 14.3 Å². The summed E-state index contributed by atoms with van der Waals surface area (Å²) in [7, 11) is 1.24. The van der Waals surface area contributed by atoms with Gasteiger partial charge in [0.2, 0.25) is 5.91 Å². The van der Waals surface area contributed by atoms with Crippen LogP contribution in [-0.4, -0.2) is 29.4 Å². The first-order valence-electron chi connectivity index (χ1n) is 4.17. The van der Waals surface area contributed by atoms with Gasteiger partial charge in [-0.25, -0.2) is 0 Å². The van der Waals surface area contributed by atoms with Crippen molar-refractivity contribution < 1.29 is 14.3 Å². The number of hydrogen-bond donors (Lipinski definition) is 1. The maximum absolute atomic E-state index is 11.1. The van der Waals surface area contributed by atoms with Gasteiger partial charge in [0.25, 0.3) is 0 Å². The fourth-order valence-electron chi connectivity index (χ4n) is 1.25. The molecule has 0 radical (unpaired) electrons. The predicted molar refractivity (Wildman–Crippen MR) is 52.2 cm³/mol. The molecule has 0 bridgehead atoms. The summed E-state index contributed by atoms with van der Waals surface area (Å²) in [6.07, 6.45) is 0.774. The number of nitrogens with one attached hydrogen (secondary N) is 1. The van der Waals surface area contributed by atoms with Crippen LogP contribution in [0.3, 0.4) is 0 Å². The van der Waals surface area contributed by atoms with Crippen molar-refractivity contribution in [2.75, 3.05) is 7.11 Å². The lowest BCUT2D eigenvalue weighted by Gasteiger charge is -2.38. The Morgan fingerprint density at radius 2 is 2.07 bits per heavy atom. The Labute approximate surface area is 91.9 Å². The summed E-state index contributed by atoms with van der Waals surface area (Å²) in [5.74, 6) is -0.907. The largest absolute Gasteiger partial charge is 0.469 e. The molecule has 0 spiro atoms. The molecule has 0 aromatic carbocycles. The van der Waals surface area contributed by atoms with Gasteiger partial charge in [-0.15, -0.1) is 23.2 Å². The number of carbonyl (C=O) groups excluding carboxylic acids is 2. The molecular weight excluding hydrogens is 229 g/mol. The second-order valence-electron chi connectivity index (χ2n) is 3.28. The summed E-state index contributed by atoms with van der Waals surface area (Å²) in [4.78, 5) is 21.8. The number of methoxy groups -OCH3 is 1. The minimum Gasteiger partial charge on any atom is -0.469 e. The Morgan fingerprint density at radius 1 is 1.50 bits per heavy atom. The number of halogens is 2. The molecule has 80 valence electrons. The summed E-state index contributed by atoms with van der Waals surface area (Å²) in [5, 5.41) is 2.63. The molecule has 1 aliphatic carbocycles. The second kappa shape index (κ2) is 4.36. The van der Waals surface area contributed by atoms with Crippen molar-refractivity contribution in [3.63, 3.8) is 0 Å². The highest BCUT2D eigenvalue weighted by atomic mass is 35.5. The van der Waals surface area contributed by atoms with E-state index in [1.54, 1.807) is 0 Å². The monoisotopic (exact) mass is 239 g/mol. The standard InChI is InChI=1S/C8H11Cl2NO3/c1-14-7(13)2-6(12)11-5-3-8(9,10)4-5/h5H,2-4H2,1H3,(H,11,12). The highest BCUT2D eigenvalue weighted by Crippen LogP contribution is 2.42. The Kier molecular flexibility index (Phi) is 3.61. The van der Waals surface area contributed by atoms with Gasteiger partial charge in [0, 0.05) is 18.9 Å². The summed E-state index contributed by atoms with van der Waals surface area (Å²) >= 11 is 11.5. The lowest BCUT2D eigenvalue weighted by Crippen LogP contribution is -2.49. The van der Waals surface area contributed by atoms with Gasteiger partial charge < -0.3 is 10.1 Å². The smallest absolute Gasteiger partial charge is 0.315 e. The number of rotatable bonds is 3. The predicted octanol–water partition coefficient (Wildman–Crippen LogP) is 1.00. The maximum atomic E-state index is 11.1. The summed E-state index contributed by atoms with van der Waals surface area (Å²) in [6.45, 7) is 0. The molecule has 0 aromatic rings. The van der Waals surface area contributed by atoms with Gasteiger partial charge in [-0.1, -0.05) is 0 Å². The molecule has 6 heteroatoms. The normalized spacial score (nSPS) is 19.6. The van der Waals surface area contributed by atoms with Gasteiger partial charge in [-0.3, -0.25) is 9.59 Å². The molecule has 1 N–H and O–H groups in total. The van der Waals surface area contributed by atoms with Crippen molar-refractivity contribution in [1.82, 2.24) is 5.32 Å². The third-order valence-electron chi connectivity index (χ3n) is 1.99. The topological polar surface area (TPSA) is 55.4 Å². The molecule has 1 aliphatic rings. The molecule has 1 fully saturated rings. The van der Waals surface area contributed by atoms with Crippen molar-refractivity contribution >= 4 is 35.1 Å². The average Bonchev–Trinajstić information content (AvgIpc) is 2.00. The van der Waals surface area contributed by atoms with Gasteiger partial charge in [-0.05, 0) is 0 Å². The minimum absolute atomic E-state index is 0.0258. The van der Waals surface area contributed by atoms with Crippen molar-refractivity contribution in [3.05, 3.63) is 0 Å². The van der Waals surface area contributed by atoms with Crippen LogP contribution < -0.4 is 5.32 Å². The van der Waals surface area contributed by atoms with E-state index < -0.39 is 10.3 Å². The van der Waals surface area contributed by atoms with E-state index in [4.69, 9.17) is 23.2 Å². The average molecular weight is 240 g/mol. The Bertz CT molecular complexity index is 247. The van der Waals surface area contributed by atoms with Gasteiger partial charge in [0.15, 0.2) is 0 Å². The van der Waals surface area contributed by atoms with Gasteiger partial charge in [0.1, 0.15) is 10.8 Å². The number of esters is 1. The highest BCUT2D eigenvalue weighted by molar-refractivity contribution is 6.49. The van der Waals surface area contributed by atoms with E-state index in [9.17, 15) is 9.59 Å². The Morgan fingerprint density at radius 3 is 2.50 bits per heavy atom. The van der Waals surface area contributed by atoms with Crippen LogP contribution in [0.5, 0.6) is 0 Å². The lowest BCUT2D eigenvalue weighted by atomic mass is 9.91. The number of hydrogen-bond acceptors (Lipinski definition) is 3. The van der Waals surface area contributed by atoms with Gasteiger partial charge in [0.05, 0.1) is 7.11 Å². The van der Waals surface area contributed by atoms with E-state index in [0.717, 1.165) is 0 Å². The summed E-state index contributed by atoms with van der Waals surface area (Å²) in [6, 6.07) is -0.0258. The molecule has 1 amide bonds. The van der Waals surface area contributed by atoms with Crippen LogP contribution in [0.15, 0.2) is 0 Å². The Balaban J connectivity index is 2.20. The van der Waals surface area contributed by atoms with Crippen LogP contribution in [0.1, 0.15) is 19.3 Å². The first kappa shape index (κ1) is 11.6. The van der Waals surface area contributed by atoms with E-state index in [1.165, 1.54) is 7.11 Å². The molecular formula is C8H11Cl2NO3. The van der Waals surface area contributed by atoms with Crippen LogP contribution >= 0.6 is 23.2 Å². The van der Waals surface area contributed by atoms with E-state index in [2.05, 4.69) is 10.1 Å². The molecule has 4 nitrogen and oxygen atoms in total. The first-order chi connectivity index (χ1) is 6.43. The number of amides is 1. The van der Waals surface area contributed by atoms with Crippen LogP contribution in [0.2, 0.25) is 0 Å². The van der Waals surface area contributed by atoms with E-state index >= 15 is 0 Å². The molecule has 0 aromatic heterocycles. The summed E-state index contributed by atoms with van der Waals surface area (Å²) < 4.78 is 3.62. The molecule has 0 unspecified atom stereocenters. The second-order valence-corrected chi connectivity index (χ2v) is 4.92. The van der Waals surface area contributed by atoms with Crippen LogP contribution in [0.25, 0.3) is 0 Å². The van der Waals surface area contributed by atoms with Gasteiger partial charge >= 0.3 is 5.97 Å².